The van der Waals surface area contributed by atoms with Crippen molar-refractivity contribution in [2.24, 2.45) is 0 Å². The molecule has 0 unspecified atom stereocenters. The number of nitrogens with zero attached hydrogens (tertiary/aromatic N) is 1. The lowest BCUT2D eigenvalue weighted by molar-refractivity contribution is 0.270. The Hall–Kier alpha value is -3.18. The summed E-state index contributed by atoms with van der Waals surface area (Å²) in [6.45, 7) is 1.69. The van der Waals surface area contributed by atoms with Gasteiger partial charge in [-0.3, -0.25) is 0 Å². The van der Waals surface area contributed by atoms with E-state index in [9.17, 15) is 5.11 Å². The van der Waals surface area contributed by atoms with Crippen LogP contribution in [0.1, 0.15) is 16.7 Å². The first-order chi connectivity index (χ1) is 14.7. The molecule has 0 aliphatic carbocycles. The van der Waals surface area contributed by atoms with Crippen molar-refractivity contribution in [3.05, 3.63) is 71.3 Å². The standard InChI is InChI=1S/C25H27NO4/c1-28-21-9-7-17(8-10-21)15-26-12-11-18-5-4-6-22(24(18)26)19-13-20(16-27)25(30-3)23(14-19)29-2/h4-10,13-14,27H,11-12,15-16H2,1-3H3. The third-order valence-electron chi connectivity index (χ3n) is 5.66. The second-order valence-corrected chi connectivity index (χ2v) is 7.36. The van der Waals surface area contributed by atoms with Crippen molar-refractivity contribution in [1.82, 2.24) is 0 Å². The lowest BCUT2D eigenvalue weighted by Gasteiger charge is -2.23. The molecule has 0 amide bonds. The van der Waals surface area contributed by atoms with Crippen molar-refractivity contribution in [3.8, 4) is 28.4 Å². The molecule has 5 nitrogen and oxygen atoms in total. The molecule has 1 N–H and O–H groups in total. The van der Waals surface area contributed by atoms with Crippen LogP contribution in [0.15, 0.2) is 54.6 Å². The molecular weight excluding hydrogens is 378 g/mol. The van der Waals surface area contributed by atoms with Crippen molar-refractivity contribution in [2.75, 3.05) is 32.8 Å². The second kappa shape index (κ2) is 8.67. The third-order valence-corrected chi connectivity index (χ3v) is 5.66. The van der Waals surface area contributed by atoms with E-state index in [0.717, 1.165) is 36.4 Å². The van der Waals surface area contributed by atoms with E-state index in [1.54, 1.807) is 21.3 Å². The molecule has 30 heavy (non-hydrogen) atoms. The van der Waals surface area contributed by atoms with Gasteiger partial charge in [0.2, 0.25) is 0 Å². The molecule has 0 aromatic heterocycles. The Kier molecular flexibility index (Phi) is 5.81. The zero-order chi connectivity index (χ0) is 21.1. The largest absolute Gasteiger partial charge is 0.497 e. The lowest BCUT2D eigenvalue weighted by atomic mass is 9.97. The van der Waals surface area contributed by atoms with Gasteiger partial charge in [0.25, 0.3) is 0 Å². The van der Waals surface area contributed by atoms with E-state index in [1.165, 1.54) is 16.8 Å². The molecule has 3 aromatic rings. The molecule has 5 heteroatoms. The Bertz CT molecular complexity index is 1000. The quantitative estimate of drug-likeness (QED) is 0.630. The van der Waals surface area contributed by atoms with Crippen molar-refractivity contribution in [1.29, 1.82) is 0 Å². The summed E-state index contributed by atoms with van der Waals surface area (Å²) in [6.07, 6.45) is 1.01. The monoisotopic (exact) mass is 405 g/mol. The molecule has 0 spiro atoms. The van der Waals surface area contributed by atoms with Gasteiger partial charge in [0.05, 0.1) is 27.9 Å². The number of ether oxygens (including phenoxy) is 3. The van der Waals surface area contributed by atoms with Crippen molar-refractivity contribution < 1.29 is 19.3 Å². The van der Waals surface area contributed by atoms with Crippen LogP contribution in [0, 0.1) is 0 Å². The highest BCUT2D eigenvalue weighted by molar-refractivity contribution is 5.84. The normalized spacial score (nSPS) is 12.6. The number of methoxy groups -OCH3 is 3. The third kappa shape index (κ3) is 3.68. The fraction of sp³-hybridized carbons (Fsp3) is 0.280. The van der Waals surface area contributed by atoms with Crippen molar-refractivity contribution >= 4 is 5.69 Å². The van der Waals surface area contributed by atoms with Crippen LogP contribution in [0.3, 0.4) is 0 Å². The van der Waals surface area contributed by atoms with Crippen LogP contribution in [0.25, 0.3) is 11.1 Å². The molecule has 0 saturated carbocycles. The lowest BCUT2D eigenvalue weighted by Crippen LogP contribution is -2.20. The summed E-state index contributed by atoms with van der Waals surface area (Å²) in [7, 11) is 4.89. The van der Waals surface area contributed by atoms with Crippen LogP contribution in [0.2, 0.25) is 0 Å². The van der Waals surface area contributed by atoms with Gasteiger partial charge in [-0.2, -0.15) is 0 Å². The fourth-order valence-electron chi connectivity index (χ4n) is 4.19. The van der Waals surface area contributed by atoms with Crippen LogP contribution in [0.4, 0.5) is 5.69 Å². The summed E-state index contributed by atoms with van der Waals surface area (Å²) in [5.41, 5.74) is 6.67. The average Bonchev–Trinajstić information content (AvgIpc) is 3.21. The Balaban J connectivity index is 1.74. The Morgan fingerprint density at radius 2 is 1.73 bits per heavy atom. The number of hydrogen-bond acceptors (Lipinski definition) is 5. The molecule has 1 aliphatic heterocycles. The second-order valence-electron chi connectivity index (χ2n) is 7.36. The molecule has 0 bridgehead atoms. The molecule has 0 atom stereocenters. The summed E-state index contributed by atoms with van der Waals surface area (Å²) in [5, 5.41) is 9.87. The number of aliphatic hydroxyl groups excluding tert-OH is 1. The van der Waals surface area contributed by atoms with E-state index in [-0.39, 0.29) is 6.61 Å². The molecule has 1 aliphatic rings. The zero-order valence-electron chi connectivity index (χ0n) is 17.6. The highest BCUT2D eigenvalue weighted by Gasteiger charge is 2.24. The number of fused-ring (bicyclic) bond motifs is 1. The predicted octanol–water partition coefficient (Wildman–Crippen LogP) is 4.43. The van der Waals surface area contributed by atoms with Crippen molar-refractivity contribution in [2.45, 2.75) is 19.6 Å². The Labute approximate surface area is 177 Å². The molecule has 3 aromatic carbocycles. The van der Waals surface area contributed by atoms with Gasteiger partial charge in [0.15, 0.2) is 11.5 Å². The summed E-state index contributed by atoms with van der Waals surface area (Å²) >= 11 is 0. The summed E-state index contributed by atoms with van der Waals surface area (Å²) in [4.78, 5) is 2.42. The topological polar surface area (TPSA) is 51.2 Å². The molecular formula is C25H27NO4. The minimum Gasteiger partial charge on any atom is -0.497 e. The minimum absolute atomic E-state index is 0.113. The molecule has 0 radical (unpaired) electrons. The fourth-order valence-corrected chi connectivity index (χ4v) is 4.19. The van der Waals surface area contributed by atoms with Gasteiger partial charge < -0.3 is 24.2 Å². The van der Waals surface area contributed by atoms with Crippen molar-refractivity contribution in [3.63, 3.8) is 0 Å². The van der Waals surface area contributed by atoms with Crippen LogP contribution >= 0.6 is 0 Å². The first-order valence-electron chi connectivity index (χ1n) is 10.0. The number of aliphatic hydroxyl groups is 1. The van der Waals surface area contributed by atoms with Crippen LogP contribution < -0.4 is 19.1 Å². The Morgan fingerprint density at radius 3 is 2.40 bits per heavy atom. The van der Waals surface area contributed by atoms with E-state index in [1.807, 2.05) is 24.3 Å². The summed E-state index contributed by atoms with van der Waals surface area (Å²) in [6, 6.07) is 18.6. The maximum atomic E-state index is 9.87. The minimum atomic E-state index is -0.113. The number of rotatable bonds is 7. The number of benzene rings is 3. The van der Waals surface area contributed by atoms with E-state index in [0.29, 0.717) is 17.1 Å². The van der Waals surface area contributed by atoms with Crippen LogP contribution in [0.5, 0.6) is 17.2 Å². The number of para-hydroxylation sites is 1. The van der Waals surface area contributed by atoms with Gasteiger partial charge in [-0.25, -0.2) is 0 Å². The van der Waals surface area contributed by atoms with Gasteiger partial charge in [0.1, 0.15) is 5.75 Å². The predicted molar refractivity (Wildman–Crippen MR) is 119 cm³/mol. The van der Waals surface area contributed by atoms with Gasteiger partial charge in [-0.15, -0.1) is 0 Å². The molecule has 156 valence electrons. The number of hydrogen-bond donors (Lipinski definition) is 1. The SMILES string of the molecule is COc1ccc(CN2CCc3cccc(-c4cc(CO)c(OC)c(OC)c4)c32)cc1. The summed E-state index contributed by atoms with van der Waals surface area (Å²) in [5.74, 6) is 2.06. The average molecular weight is 405 g/mol. The number of anilines is 1. The molecule has 4 rings (SSSR count). The first-order valence-corrected chi connectivity index (χ1v) is 10.0. The van der Waals surface area contributed by atoms with Crippen LogP contribution in [-0.4, -0.2) is 33.0 Å². The van der Waals surface area contributed by atoms with E-state index in [4.69, 9.17) is 14.2 Å². The smallest absolute Gasteiger partial charge is 0.166 e. The highest BCUT2D eigenvalue weighted by atomic mass is 16.5. The maximum Gasteiger partial charge on any atom is 0.166 e. The maximum absolute atomic E-state index is 9.87. The van der Waals surface area contributed by atoms with Gasteiger partial charge in [-0.05, 0) is 47.4 Å². The van der Waals surface area contributed by atoms with E-state index >= 15 is 0 Å². The van der Waals surface area contributed by atoms with Gasteiger partial charge in [0, 0.05) is 29.9 Å². The molecule has 1 heterocycles. The van der Waals surface area contributed by atoms with E-state index in [2.05, 4.69) is 35.2 Å². The first kappa shape index (κ1) is 20.1. The molecule has 0 saturated heterocycles. The van der Waals surface area contributed by atoms with Crippen LogP contribution in [-0.2, 0) is 19.6 Å². The van der Waals surface area contributed by atoms with Gasteiger partial charge in [-0.1, -0.05) is 30.3 Å². The summed E-state index contributed by atoms with van der Waals surface area (Å²) < 4.78 is 16.3. The molecule has 0 fully saturated rings. The van der Waals surface area contributed by atoms with E-state index < -0.39 is 0 Å². The Morgan fingerprint density at radius 1 is 0.933 bits per heavy atom. The highest BCUT2D eigenvalue weighted by Crippen LogP contribution is 2.43. The van der Waals surface area contributed by atoms with Gasteiger partial charge >= 0.3 is 0 Å². The zero-order valence-corrected chi connectivity index (χ0v) is 17.6.